The maximum Gasteiger partial charge on any atom is 0.277 e. The van der Waals surface area contributed by atoms with Crippen LogP contribution in [0.4, 0.5) is 5.69 Å². The van der Waals surface area contributed by atoms with Gasteiger partial charge in [0.1, 0.15) is 6.26 Å². The Morgan fingerprint density at radius 3 is 2.65 bits per heavy atom. The number of benzene rings is 1. The van der Waals surface area contributed by atoms with Gasteiger partial charge >= 0.3 is 0 Å². The Labute approximate surface area is 104 Å². The van der Waals surface area contributed by atoms with Crippen molar-refractivity contribution in [3.05, 3.63) is 47.9 Å². The number of halogens is 1. The summed E-state index contributed by atoms with van der Waals surface area (Å²) in [5, 5.41) is 6.27. The molecule has 5 heteroatoms. The number of nitrogens with zero attached hydrogens (tertiary/aromatic N) is 1. The molecule has 88 valence electrons. The van der Waals surface area contributed by atoms with Gasteiger partial charge in [-0.15, -0.1) is 11.6 Å². The summed E-state index contributed by atoms with van der Waals surface area (Å²) in [6.07, 6.45) is 2.18. The van der Waals surface area contributed by atoms with Crippen LogP contribution < -0.4 is 5.32 Å². The summed E-state index contributed by atoms with van der Waals surface area (Å²) in [5.74, 6) is 0.300. The number of aryl methyl sites for hydroxylation is 1. The van der Waals surface area contributed by atoms with Gasteiger partial charge in [0.2, 0.25) is 0 Å². The number of aromatic nitrogens is 1. The van der Waals surface area contributed by atoms with Gasteiger partial charge in [-0.3, -0.25) is 4.79 Å². The molecule has 17 heavy (non-hydrogen) atoms. The van der Waals surface area contributed by atoms with Crippen molar-refractivity contribution < 1.29 is 9.32 Å². The highest BCUT2D eigenvalue weighted by Gasteiger charge is 2.08. The first-order chi connectivity index (χ1) is 8.29. The van der Waals surface area contributed by atoms with Crippen LogP contribution in [0.25, 0.3) is 0 Å². The Balaban J connectivity index is 2.01. The molecule has 0 saturated carbocycles. The molecule has 0 spiro atoms. The summed E-state index contributed by atoms with van der Waals surface area (Å²) in [6.45, 7) is 0. The second-order valence-corrected chi connectivity index (χ2v) is 3.85. The van der Waals surface area contributed by atoms with Gasteiger partial charge in [-0.1, -0.05) is 17.3 Å². The third-order valence-corrected chi connectivity index (χ3v) is 2.45. The van der Waals surface area contributed by atoms with Gasteiger partial charge in [0.15, 0.2) is 5.69 Å². The first-order valence-corrected chi connectivity index (χ1v) is 5.69. The van der Waals surface area contributed by atoms with Gasteiger partial charge in [0, 0.05) is 17.6 Å². The molecule has 0 bridgehead atoms. The SMILES string of the molecule is O=C(Nc1ccc(CCCl)cc1)c1ccon1. The molecule has 2 rings (SSSR count). The molecule has 1 aromatic carbocycles. The highest BCUT2D eigenvalue weighted by Crippen LogP contribution is 2.11. The quantitative estimate of drug-likeness (QED) is 0.849. The lowest BCUT2D eigenvalue weighted by molar-refractivity contribution is 0.101. The Bertz CT molecular complexity index is 480. The molecule has 4 nitrogen and oxygen atoms in total. The number of rotatable bonds is 4. The standard InChI is InChI=1S/C12H11ClN2O2/c13-7-5-9-1-3-10(4-2-9)14-12(16)11-6-8-17-15-11/h1-4,6,8H,5,7H2,(H,14,16). The lowest BCUT2D eigenvalue weighted by atomic mass is 10.1. The van der Waals surface area contributed by atoms with Crippen LogP contribution in [-0.2, 0) is 6.42 Å². The predicted molar refractivity (Wildman–Crippen MR) is 65.3 cm³/mol. The van der Waals surface area contributed by atoms with E-state index in [1.165, 1.54) is 12.3 Å². The molecule has 2 aromatic rings. The molecule has 1 amide bonds. The van der Waals surface area contributed by atoms with E-state index in [1.54, 1.807) is 0 Å². The first-order valence-electron chi connectivity index (χ1n) is 5.16. The van der Waals surface area contributed by atoms with Crippen molar-refractivity contribution in [2.45, 2.75) is 6.42 Å². The maximum atomic E-state index is 11.6. The highest BCUT2D eigenvalue weighted by molar-refractivity contribution is 6.18. The van der Waals surface area contributed by atoms with Crippen molar-refractivity contribution in [3.63, 3.8) is 0 Å². The number of anilines is 1. The molecule has 0 fully saturated rings. The number of carbonyl (C=O) groups excluding carboxylic acids is 1. The average Bonchev–Trinajstić information content (AvgIpc) is 2.86. The topological polar surface area (TPSA) is 55.1 Å². The van der Waals surface area contributed by atoms with E-state index in [9.17, 15) is 4.79 Å². The molecule has 0 aliphatic rings. The minimum atomic E-state index is -0.288. The van der Waals surface area contributed by atoms with Crippen molar-refractivity contribution in [2.24, 2.45) is 0 Å². The van der Waals surface area contributed by atoms with E-state index in [0.717, 1.165) is 17.7 Å². The van der Waals surface area contributed by atoms with Crippen LogP contribution in [0.5, 0.6) is 0 Å². The zero-order chi connectivity index (χ0) is 12.1. The van der Waals surface area contributed by atoms with Crippen LogP contribution in [0, 0.1) is 0 Å². The predicted octanol–water partition coefficient (Wildman–Crippen LogP) is 2.71. The summed E-state index contributed by atoms with van der Waals surface area (Å²) in [4.78, 5) is 11.6. The summed E-state index contributed by atoms with van der Waals surface area (Å²) in [6, 6.07) is 9.04. The second kappa shape index (κ2) is 5.50. The van der Waals surface area contributed by atoms with E-state index in [0.29, 0.717) is 5.88 Å². The van der Waals surface area contributed by atoms with Gasteiger partial charge in [-0.2, -0.15) is 0 Å². The molecule has 1 aromatic heterocycles. The highest BCUT2D eigenvalue weighted by atomic mass is 35.5. The molecule has 1 heterocycles. The Morgan fingerprint density at radius 1 is 1.29 bits per heavy atom. The minimum Gasteiger partial charge on any atom is -0.364 e. The van der Waals surface area contributed by atoms with E-state index < -0.39 is 0 Å². The Kier molecular flexibility index (Phi) is 3.77. The van der Waals surface area contributed by atoms with Gasteiger partial charge < -0.3 is 9.84 Å². The summed E-state index contributed by atoms with van der Waals surface area (Å²) < 4.78 is 4.60. The summed E-state index contributed by atoms with van der Waals surface area (Å²) in [7, 11) is 0. The van der Waals surface area contributed by atoms with E-state index in [2.05, 4.69) is 15.0 Å². The first kappa shape index (κ1) is 11.7. The van der Waals surface area contributed by atoms with Crippen molar-refractivity contribution in [2.75, 3.05) is 11.2 Å². The molecule has 0 aliphatic carbocycles. The second-order valence-electron chi connectivity index (χ2n) is 3.47. The average molecular weight is 251 g/mol. The zero-order valence-electron chi connectivity index (χ0n) is 9.02. The van der Waals surface area contributed by atoms with E-state index in [1.807, 2.05) is 24.3 Å². The summed E-state index contributed by atoms with van der Waals surface area (Å²) >= 11 is 5.64. The number of hydrogen-bond donors (Lipinski definition) is 1. The van der Waals surface area contributed by atoms with Crippen molar-refractivity contribution in [1.82, 2.24) is 5.16 Å². The van der Waals surface area contributed by atoms with E-state index in [-0.39, 0.29) is 11.6 Å². The van der Waals surface area contributed by atoms with Crippen molar-refractivity contribution in [1.29, 1.82) is 0 Å². The molecule has 0 radical (unpaired) electrons. The number of nitrogens with one attached hydrogen (secondary N) is 1. The van der Waals surface area contributed by atoms with Crippen LogP contribution in [-0.4, -0.2) is 16.9 Å². The van der Waals surface area contributed by atoms with Gasteiger partial charge in [0.25, 0.3) is 5.91 Å². The van der Waals surface area contributed by atoms with Crippen LogP contribution in [0.3, 0.4) is 0 Å². The Hall–Kier alpha value is -1.81. The normalized spacial score (nSPS) is 10.2. The van der Waals surface area contributed by atoms with Gasteiger partial charge in [-0.25, -0.2) is 0 Å². The van der Waals surface area contributed by atoms with Gasteiger partial charge in [0.05, 0.1) is 0 Å². The monoisotopic (exact) mass is 250 g/mol. The summed E-state index contributed by atoms with van der Waals surface area (Å²) in [5.41, 5.74) is 2.12. The third kappa shape index (κ3) is 3.07. The fourth-order valence-electron chi connectivity index (χ4n) is 1.39. The molecular formula is C12H11ClN2O2. The van der Waals surface area contributed by atoms with Crippen molar-refractivity contribution >= 4 is 23.2 Å². The van der Waals surface area contributed by atoms with Crippen LogP contribution in [0.15, 0.2) is 41.1 Å². The van der Waals surface area contributed by atoms with Crippen LogP contribution >= 0.6 is 11.6 Å². The number of alkyl halides is 1. The Morgan fingerprint density at radius 2 is 2.06 bits per heavy atom. The van der Waals surface area contributed by atoms with Crippen LogP contribution in [0.2, 0.25) is 0 Å². The van der Waals surface area contributed by atoms with Crippen molar-refractivity contribution in [3.8, 4) is 0 Å². The third-order valence-electron chi connectivity index (χ3n) is 2.27. The molecule has 0 saturated heterocycles. The zero-order valence-corrected chi connectivity index (χ0v) is 9.78. The number of amides is 1. The smallest absolute Gasteiger partial charge is 0.277 e. The van der Waals surface area contributed by atoms with Crippen LogP contribution in [0.1, 0.15) is 16.1 Å². The molecule has 0 atom stereocenters. The van der Waals surface area contributed by atoms with E-state index in [4.69, 9.17) is 11.6 Å². The minimum absolute atomic E-state index is 0.259. The lowest BCUT2D eigenvalue weighted by Crippen LogP contribution is -2.12. The largest absolute Gasteiger partial charge is 0.364 e. The molecular weight excluding hydrogens is 240 g/mol. The van der Waals surface area contributed by atoms with E-state index >= 15 is 0 Å². The fourth-order valence-corrected chi connectivity index (χ4v) is 1.61. The molecule has 0 aliphatic heterocycles. The molecule has 0 unspecified atom stereocenters. The lowest BCUT2D eigenvalue weighted by Gasteiger charge is -2.04. The number of carbonyl (C=O) groups is 1. The van der Waals surface area contributed by atoms with Gasteiger partial charge in [-0.05, 0) is 24.1 Å². The maximum absolute atomic E-state index is 11.6. The fraction of sp³-hybridized carbons (Fsp3) is 0.167. The number of hydrogen-bond acceptors (Lipinski definition) is 3. The molecule has 1 N–H and O–H groups in total.